The van der Waals surface area contributed by atoms with Crippen molar-refractivity contribution >= 4 is 23.5 Å². The van der Waals surface area contributed by atoms with E-state index >= 15 is 0 Å². The van der Waals surface area contributed by atoms with E-state index in [1.807, 2.05) is 30.5 Å². The summed E-state index contributed by atoms with van der Waals surface area (Å²) < 4.78 is 0. The van der Waals surface area contributed by atoms with Crippen LogP contribution in [0.4, 0.5) is 10.5 Å². The first-order chi connectivity index (χ1) is 11.1. The average Bonchev–Trinajstić information content (AvgIpc) is 2.55. The van der Waals surface area contributed by atoms with Crippen LogP contribution < -0.4 is 10.6 Å². The quantitative estimate of drug-likeness (QED) is 0.783. The summed E-state index contributed by atoms with van der Waals surface area (Å²) in [6.45, 7) is 8.42. The van der Waals surface area contributed by atoms with Gasteiger partial charge in [0, 0.05) is 44.2 Å². The molecule has 1 aromatic rings. The van der Waals surface area contributed by atoms with E-state index in [-0.39, 0.29) is 6.03 Å². The molecule has 1 fully saturated rings. The van der Waals surface area contributed by atoms with E-state index in [9.17, 15) is 4.79 Å². The fourth-order valence-corrected chi connectivity index (χ4v) is 3.27. The van der Waals surface area contributed by atoms with Gasteiger partial charge in [-0.3, -0.25) is 0 Å². The highest BCUT2D eigenvalue weighted by Gasteiger charge is 2.16. The molecule has 0 bridgehead atoms. The molecule has 1 atom stereocenters. The summed E-state index contributed by atoms with van der Waals surface area (Å²) in [7, 11) is 2.17. The Morgan fingerprint density at radius 1 is 1.26 bits per heavy atom. The maximum absolute atomic E-state index is 12.1. The Kier molecular flexibility index (Phi) is 7.20. The van der Waals surface area contributed by atoms with Gasteiger partial charge in [-0.2, -0.15) is 0 Å². The van der Waals surface area contributed by atoms with Crippen LogP contribution >= 0.6 is 11.8 Å². The Hall–Kier alpha value is -1.24. The van der Waals surface area contributed by atoms with Gasteiger partial charge in [-0.05, 0) is 31.4 Å². The number of thioether (sulfide) groups is 1. The van der Waals surface area contributed by atoms with Gasteiger partial charge >= 0.3 is 6.03 Å². The first-order valence-electron chi connectivity index (χ1n) is 8.17. The molecule has 128 valence electrons. The third kappa shape index (κ3) is 6.05. The number of piperazine rings is 1. The van der Waals surface area contributed by atoms with Crippen LogP contribution in [0.5, 0.6) is 0 Å². The van der Waals surface area contributed by atoms with E-state index in [1.165, 1.54) is 0 Å². The van der Waals surface area contributed by atoms with E-state index in [0.29, 0.717) is 12.5 Å². The zero-order chi connectivity index (χ0) is 16.7. The summed E-state index contributed by atoms with van der Waals surface area (Å²) >= 11 is 1.63. The van der Waals surface area contributed by atoms with Crippen LogP contribution in [-0.4, -0.2) is 68.4 Å². The van der Waals surface area contributed by atoms with Crippen molar-refractivity contribution in [3.8, 4) is 0 Å². The molecular formula is C17H28N4OS. The van der Waals surface area contributed by atoms with Gasteiger partial charge in [-0.15, -0.1) is 11.8 Å². The van der Waals surface area contributed by atoms with Crippen molar-refractivity contribution in [3.05, 3.63) is 24.3 Å². The Bertz CT molecular complexity index is 503. The van der Waals surface area contributed by atoms with Crippen molar-refractivity contribution in [1.29, 1.82) is 0 Å². The van der Waals surface area contributed by atoms with Crippen LogP contribution in [0.3, 0.4) is 0 Å². The van der Waals surface area contributed by atoms with Gasteiger partial charge in [0.15, 0.2) is 0 Å². The third-order valence-corrected chi connectivity index (χ3v) is 4.93. The van der Waals surface area contributed by atoms with E-state index in [0.717, 1.165) is 43.3 Å². The number of benzene rings is 1. The number of nitrogens with one attached hydrogen (secondary N) is 2. The molecule has 2 amide bonds. The molecule has 2 N–H and O–H groups in total. The summed E-state index contributed by atoms with van der Waals surface area (Å²) in [4.78, 5) is 18.0. The minimum absolute atomic E-state index is 0.128. The smallest absolute Gasteiger partial charge is 0.319 e. The molecular weight excluding hydrogens is 308 g/mol. The lowest BCUT2D eigenvalue weighted by atomic mass is 10.1. The number of amides is 2. The van der Waals surface area contributed by atoms with Crippen LogP contribution in [0.15, 0.2) is 29.2 Å². The molecule has 2 rings (SSSR count). The van der Waals surface area contributed by atoms with E-state index in [2.05, 4.69) is 34.4 Å². The maximum atomic E-state index is 12.1. The van der Waals surface area contributed by atoms with Crippen LogP contribution in [0.2, 0.25) is 0 Å². The zero-order valence-electron chi connectivity index (χ0n) is 14.3. The van der Waals surface area contributed by atoms with Gasteiger partial charge in [-0.1, -0.05) is 19.1 Å². The molecule has 6 heteroatoms. The average molecular weight is 337 g/mol. The van der Waals surface area contributed by atoms with Crippen LogP contribution in [0.1, 0.15) is 6.92 Å². The Morgan fingerprint density at radius 2 is 1.96 bits per heavy atom. The molecule has 1 heterocycles. The SMILES string of the molecule is CSc1ccccc1NC(=O)NC[C@@H](C)CN1CCN(C)CC1. The second-order valence-corrected chi connectivity index (χ2v) is 7.09. The molecule has 1 aliphatic rings. The fourth-order valence-electron chi connectivity index (χ4n) is 2.72. The molecule has 0 unspecified atom stereocenters. The zero-order valence-corrected chi connectivity index (χ0v) is 15.2. The van der Waals surface area contributed by atoms with Crippen molar-refractivity contribution < 1.29 is 4.79 Å². The molecule has 1 saturated heterocycles. The molecule has 1 aliphatic heterocycles. The van der Waals surface area contributed by atoms with Gasteiger partial charge < -0.3 is 20.4 Å². The molecule has 1 aromatic carbocycles. The molecule has 0 aromatic heterocycles. The third-order valence-electron chi connectivity index (χ3n) is 4.13. The van der Waals surface area contributed by atoms with Crippen molar-refractivity contribution in [2.24, 2.45) is 5.92 Å². The predicted molar refractivity (Wildman–Crippen MR) is 98.3 cm³/mol. The van der Waals surface area contributed by atoms with Crippen LogP contribution in [-0.2, 0) is 0 Å². The summed E-state index contributed by atoms with van der Waals surface area (Å²) in [5.41, 5.74) is 0.865. The number of rotatable bonds is 6. The Balaban J connectivity index is 1.71. The Morgan fingerprint density at radius 3 is 2.65 bits per heavy atom. The molecule has 5 nitrogen and oxygen atoms in total. The minimum atomic E-state index is -0.128. The first kappa shape index (κ1) is 18.1. The van der Waals surface area contributed by atoms with Crippen LogP contribution in [0, 0.1) is 5.92 Å². The maximum Gasteiger partial charge on any atom is 0.319 e. The number of nitrogens with zero attached hydrogens (tertiary/aromatic N) is 2. The topological polar surface area (TPSA) is 47.6 Å². The minimum Gasteiger partial charge on any atom is -0.338 e. The highest BCUT2D eigenvalue weighted by Crippen LogP contribution is 2.24. The van der Waals surface area contributed by atoms with Crippen molar-refractivity contribution in [3.63, 3.8) is 0 Å². The second-order valence-electron chi connectivity index (χ2n) is 6.24. The lowest BCUT2D eigenvalue weighted by molar-refractivity contribution is 0.138. The second kappa shape index (κ2) is 9.15. The van der Waals surface area contributed by atoms with Gasteiger partial charge in [0.2, 0.25) is 0 Å². The normalized spacial score (nSPS) is 17.7. The van der Waals surface area contributed by atoms with Gasteiger partial charge in [0.1, 0.15) is 0 Å². The van der Waals surface area contributed by atoms with Gasteiger partial charge in [0.05, 0.1) is 5.69 Å². The van der Waals surface area contributed by atoms with Gasteiger partial charge in [0.25, 0.3) is 0 Å². The van der Waals surface area contributed by atoms with Crippen molar-refractivity contribution in [1.82, 2.24) is 15.1 Å². The standard InChI is InChI=1S/C17H28N4OS/c1-14(13-21-10-8-20(2)9-11-21)12-18-17(22)19-15-6-4-5-7-16(15)23-3/h4-7,14H,8-13H2,1-3H3,(H2,18,19,22)/t14-/m1/s1. The number of anilines is 1. The Labute approximate surface area is 143 Å². The van der Waals surface area contributed by atoms with Gasteiger partial charge in [-0.25, -0.2) is 4.79 Å². The number of likely N-dealkylation sites (N-methyl/N-ethyl adjacent to an activating group) is 1. The van der Waals surface area contributed by atoms with E-state index in [4.69, 9.17) is 0 Å². The first-order valence-corrected chi connectivity index (χ1v) is 9.39. The lowest BCUT2D eigenvalue weighted by Gasteiger charge is -2.33. The van der Waals surface area contributed by atoms with Crippen LogP contribution in [0.25, 0.3) is 0 Å². The summed E-state index contributed by atoms with van der Waals surface area (Å²) in [6.07, 6.45) is 2.01. The summed E-state index contributed by atoms with van der Waals surface area (Å²) in [5.74, 6) is 0.444. The molecule has 0 aliphatic carbocycles. The van der Waals surface area contributed by atoms with Crippen molar-refractivity contribution in [2.75, 3.05) is 57.9 Å². The summed E-state index contributed by atoms with van der Waals surface area (Å²) in [5, 5.41) is 5.92. The molecule has 0 saturated carbocycles. The number of urea groups is 1. The predicted octanol–water partition coefficient (Wildman–Crippen LogP) is 2.41. The highest BCUT2D eigenvalue weighted by molar-refractivity contribution is 7.98. The molecule has 23 heavy (non-hydrogen) atoms. The monoisotopic (exact) mass is 336 g/mol. The van der Waals surface area contributed by atoms with E-state index in [1.54, 1.807) is 11.8 Å². The van der Waals surface area contributed by atoms with Crippen molar-refractivity contribution in [2.45, 2.75) is 11.8 Å². The molecule has 0 spiro atoms. The number of carbonyl (C=O) groups excluding carboxylic acids is 1. The number of para-hydroxylation sites is 1. The highest BCUT2D eigenvalue weighted by atomic mass is 32.2. The largest absolute Gasteiger partial charge is 0.338 e. The summed E-state index contributed by atoms with van der Waals surface area (Å²) in [6, 6.07) is 7.73. The van der Waals surface area contributed by atoms with E-state index < -0.39 is 0 Å². The number of hydrogen-bond acceptors (Lipinski definition) is 4. The fraction of sp³-hybridized carbons (Fsp3) is 0.588. The number of hydrogen-bond donors (Lipinski definition) is 2. The lowest BCUT2D eigenvalue weighted by Crippen LogP contribution is -2.47. The molecule has 0 radical (unpaired) electrons. The number of carbonyl (C=O) groups is 1.